The van der Waals surface area contributed by atoms with Gasteiger partial charge in [0, 0.05) is 41.1 Å². The molecule has 3 rings (SSSR count). The normalized spacial score (nSPS) is 12.0. The zero-order valence-corrected chi connectivity index (χ0v) is 19.9. The lowest BCUT2D eigenvalue weighted by atomic mass is 10.0. The second-order valence-electron chi connectivity index (χ2n) is 8.10. The van der Waals surface area contributed by atoms with E-state index < -0.39 is 0 Å². The van der Waals surface area contributed by atoms with Gasteiger partial charge in [-0.1, -0.05) is 22.9 Å². The smallest absolute Gasteiger partial charge is 0.292 e. The Labute approximate surface area is 191 Å². The molecule has 0 saturated heterocycles. The van der Waals surface area contributed by atoms with Gasteiger partial charge in [-0.15, -0.1) is 0 Å². The third-order valence-electron chi connectivity index (χ3n) is 5.34. The molecule has 1 N–H and O–H groups in total. The van der Waals surface area contributed by atoms with Gasteiger partial charge in [0.2, 0.25) is 0 Å². The Morgan fingerprint density at radius 1 is 1.26 bits per heavy atom. The van der Waals surface area contributed by atoms with Crippen LogP contribution in [0.25, 0.3) is 11.3 Å². The van der Waals surface area contributed by atoms with Crippen LogP contribution < -0.4 is 5.32 Å². The third-order valence-corrected chi connectivity index (χ3v) is 5.84. The van der Waals surface area contributed by atoms with Crippen LogP contribution in [0, 0.1) is 29.9 Å². The predicted octanol–water partition coefficient (Wildman–Crippen LogP) is 5.84. The number of nitrogens with one attached hydrogen (secondary N) is 1. The van der Waals surface area contributed by atoms with Crippen molar-refractivity contribution < 1.29 is 4.92 Å². The summed E-state index contributed by atoms with van der Waals surface area (Å²) in [6.07, 6.45) is 4.80. The minimum Gasteiger partial charge on any atom is -0.379 e. The van der Waals surface area contributed by atoms with Crippen LogP contribution in [0.2, 0.25) is 0 Å². The van der Waals surface area contributed by atoms with Crippen LogP contribution in [0.1, 0.15) is 36.7 Å². The summed E-state index contributed by atoms with van der Waals surface area (Å²) in [7, 11) is 1.97. The largest absolute Gasteiger partial charge is 0.379 e. The molecular weight excluding hydrogens is 458 g/mol. The zero-order valence-electron chi connectivity index (χ0n) is 18.4. The van der Waals surface area contributed by atoms with Gasteiger partial charge < -0.3 is 5.32 Å². The first-order valence-corrected chi connectivity index (χ1v) is 11.2. The minimum atomic E-state index is -0.357. The van der Waals surface area contributed by atoms with Crippen LogP contribution in [0.3, 0.4) is 0 Å². The van der Waals surface area contributed by atoms with Gasteiger partial charge in [0.25, 0.3) is 5.69 Å². The highest BCUT2D eigenvalue weighted by atomic mass is 79.9. The van der Waals surface area contributed by atoms with Crippen molar-refractivity contribution in [3.63, 3.8) is 0 Å². The minimum absolute atomic E-state index is 0.0934. The fourth-order valence-electron chi connectivity index (χ4n) is 3.77. The van der Waals surface area contributed by atoms with E-state index in [1.54, 1.807) is 12.1 Å². The van der Waals surface area contributed by atoms with Crippen molar-refractivity contribution in [1.82, 2.24) is 14.8 Å². The Morgan fingerprint density at radius 3 is 2.74 bits per heavy atom. The standard InChI is InChI=1S/C23H28BrN5O2/c1-15(13-25-21-12-18(24)8-9-23(21)29(30)31)6-5-7-22-19(14-26-28(22)4)20-11-16(2)10-17(3)27-20/h8-12,14-15,25H,5-7,13H2,1-4H3/t15-/m1/s1. The van der Waals surface area contributed by atoms with Crippen molar-refractivity contribution in [2.45, 2.75) is 40.0 Å². The number of nitro groups is 1. The molecule has 8 heteroatoms. The molecule has 2 aromatic heterocycles. The Balaban J connectivity index is 1.59. The molecule has 7 nitrogen and oxygen atoms in total. The number of rotatable bonds is 9. The molecule has 0 unspecified atom stereocenters. The van der Waals surface area contributed by atoms with Gasteiger partial charge in [0.1, 0.15) is 5.69 Å². The summed E-state index contributed by atoms with van der Waals surface area (Å²) in [6.45, 7) is 6.93. The highest BCUT2D eigenvalue weighted by molar-refractivity contribution is 9.10. The van der Waals surface area contributed by atoms with Crippen molar-refractivity contribution in [2.24, 2.45) is 13.0 Å². The molecule has 0 bridgehead atoms. The van der Waals surface area contributed by atoms with Crippen LogP contribution in [-0.2, 0) is 13.5 Å². The summed E-state index contributed by atoms with van der Waals surface area (Å²) < 4.78 is 2.75. The van der Waals surface area contributed by atoms with Crippen LogP contribution in [0.15, 0.2) is 41.0 Å². The molecular formula is C23H28BrN5O2. The molecule has 0 fully saturated rings. The maximum absolute atomic E-state index is 11.2. The van der Waals surface area contributed by atoms with Gasteiger partial charge in [-0.3, -0.25) is 19.8 Å². The van der Waals surface area contributed by atoms with Crippen LogP contribution in [-0.4, -0.2) is 26.2 Å². The van der Waals surface area contributed by atoms with E-state index in [-0.39, 0.29) is 10.6 Å². The number of hydrogen-bond acceptors (Lipinski definition) is 5. The topological polar surface area (TPSA) is 85.9 Å². The lowest BCUT2D eigenvalue weighted by Gasteiger charge is -2.14. The van der Waals surface area contributed by atoms with Gasteiger partial charge in [-0.25, -0.2) is 0 Å². The van der Waals surface area contributed by atoms with E-state index in [0.717, 1.165) is 40.7 Å². The maximum Gasteiger partial charge on any atom is 0.292 e. The molecule has 2 heterocycles. The molecule has 3 aromatic rings. The molecule has 0 spiro atoms. The quantitative estimate of drug-likeness (QED) is 0.303. The van der Waals surface area contributed by atoms with E-state index in [2.05, 4.69) is 52.3 Å². The number of aryl methyl sites for hydroxylation is 3. The van der Waals surface area contributed by atoms with Gasteiger partial charge in [-0.2, -0.15) is 5.10 Å². The van der Waals surface area contributed by atoms with Crippen molar-refractivity contribution in [3.05, 3.63) is 68.1 Å². The van der Waals surface area contributed by atoms with E-state index in [1.807, 2.05) is 24.9 Å². The number of pyridine rings is 1. The molecule has 31 heavy (non-hydrogen) atoms. The average Bonchev–Trinajstić information content (AvgIpc) is 3.06. The molecule has 0 radical (unpaired) electrons. The number of hydrogen-bond donors (Lipinski definition) is 1. The van der Waals surface area contributed by atoms with E-state index in [0.29, 0.717) is 18.2 Å². The molecule has 164 valence electrons. The number of aromatic nitrogens is 3. The van der Waals surface area contributed by atoms with Crippen LogP contribution in [0.5, 0.6) is 0 Å². The number of benzene rings is 1. The first-order chi connectivity index (χ1) is 14.7. The zero-order chi connectivity index (χ0) is 22.5. The Kier molecular flexibility index (Phi) is 7.43. The SMILES string of the molecule is Cc1cc(C)nc(-c2cnn(C)c2CCC[C@@H](C)CNc2cc(Br)ccc2[N+](=O)[O-])c1. The molecule has 0 aliphatic carbocycles. The van der Waals surface area contributed by atoms with Crippen molar-refractivity contribution >= 4 is 27.3 Å². The summed E-state index contributed by atoms with van der Waals surface area (Å²) in [6, 6.07) is 9.13. The van der Waals surface area contributed by atoms with E-state index in [4.69, 9.17) is 4.98 Å². The molecule has 0 aliphatic rings. The highest BCUT2D eigenvalue weighted by Crippen LogP contribution is 2.29. The van der Waals surface area contributed by atoms with Gasteiger partial charge >= 0.3 is 0 Å². The highest BCUT2D eigenvalue weighted by Gasteiger charge is 2.16. The Morgan fingerprint density at radius 2 is 2.03 bits per heavy atom. The van der Waals surface area contributed by atoms with Crippen molar-refractivity contribution in [2.75, 3.05) is 11.9 Å². The van der Waals surface area contributed by atoms with Gasteiger partial charge in [0.05, 0.1) is 16.8 Å². The van der Waals surface area contributed by atoms with Crippen LogP contribution in [0.4, 0.5) is 11.4 Å². The fraction of sp³-hybridized carbons (Fsp3) is 0.391. The number of anilines is 1. The maximum atomic E-state index is 11.2. The Hall–Kier alpha value is -2.74. The van der Waals surface area contributed by atoms with E-state index in [9.17, 15) is 10.1 Å². The number of nitro benzene ring substituents is 1. The predicted molar refractivity (Wildman–Crippen MR) is 127 cm³/mol. The molecule has 0 saturated carbocycles. The molecule has 1 aromatic carbocycles. The number of halogens is 1. The fourth-order valence-corrected chi connectivity index (χ4v) is 4.13. The molecule has 0 aliphatic heterocycles. The summed E-state index contributed by atoms with van der Waals surface area (Å²) >= 11 is 3.38. The molecule has 1 atom stereocenters. The van der Waals surface area contributed by atoms with Gasteiger partial charge in [-0.05, 0) is 68.9 Å². The average molecular weight is 486 g/mol. The van der Waals surface area contributed by atoms with E-state index in [1.165, 1.54) is 17.3 Å². The molecule has 0 amide bonds. The van der Waals surface area contributed by atoms with Crippen molar-refractivity contribution in [3.8, 4) is 11.3 Å². The number of nitrogens with zero attached hydrogens (tertiary/aromatic N) is 4. The summed E-state index contributed by atoms with van der Waals surface area (Å²) in [4.78, 5) is 15.6. The summed E-state index contributed by atoms with van der Waals surface area (Å²) in [5.41, 5.74) is 6.07. The lowest BCUT2D eigenvalue weighted by molar-refractivity contribution is -0.384. The monoisotopic (exact) mass is 485 g/mol. The van der Waals surface area contributed by atoms with Gasteiger partial charge in [0.15, 0.2) is 0 Å². The van der Waals surface area contributed by atoms with Crippen molar-refractivity contribution in [1.29, 1.82) is 0 Å². The first-order valence-electron chi connectivity index (χ1n) is 10.4. The summed E-state index contributed by atoms with van der Waals surface area (Å²) in [5, 5.41) is 18.9. The third kappa shape index (κ3) is 5.91. The second kappa shape index (κ2) is 10.0. The summed E-state index contributed by atoms with van der Waals surface area (Å²) in [5.74, 6) is 0.370. The first kappa shape index (κ1) is 22.9. The van der Waals surface area contributed by atoms with Crippen LogP contribution >= 0.6 is 15.9 Å². The lowest BCUT2D eigenvalue weighted by Crippen LogP contribution is -2.13. The Bertz CT molecular complexity index is 1060. The van der Waals surface area contributed by atoms with E-state index >= 15 is 0 Å². The second-order valence-corrected chi connectivity index (χ2v) is 9.01.